The third-order valence-electron chi connectivity index (χ3n) is 4.30. The summed E-state index contributed by atoms with van der Waals surface area (Å²) in [6.45, 7) is 0. The fourth-order valence-corrected chi connectivity index (χ4v) is 4.14. The molecule has 0 aliphatic carbocycles. The van der Waals surface area contributed by atoms with Crippen LogP contribution in [0.4, 0.5) is 0 Å². The molecule has 3 rings (SSSR count). The molecule has 0 aromatic heterocycles. The summed E-state index contributed by atoms with van der Waals surface area (Å²) in [7, 11) is 3.19. The number of benzene rings is 1. The van der Waals surface area contributed by atoms with Crippen LogP contribution in [0.2, 0.25) is 0 Å². The summed E-state index contributed by atoms with van der Waals surface area (Å²) < 4.78 is 10.6. The molecule has 0 N–H and O–H groups in total. The molecule has 2 fully saturated rings. The Labute approximate surface area is 134 Å². The molecule has 2 atom stereocenters. The molecule has 5 nitrogen and oxygen atoms in total. The number of hydrogen-bond acceptors (Lipinski definition) is 5. The van der Waals surface area contributed by atoms with E-state index < -0.39 is 0 Å². The molecule has 0 spiro atoms. The summed E-state index contributed by atoms with van der Waals surface area (Å²) in [6.07, 6.45) is 1.96. The van der Waals surface area contributed by atoms with E-state index in [1.54, 1.807) is 19.1 Å². The van der Waals surface area contributed by atoms with Crippen LogP contribution in [0.25, 0.3) is 0 Å². The highest BCUT2D eigenvalue weighted by Gasteiger charge is 2.43. The van der Waals surface area contributed by atoms with E-state index in [0.29, 0.717) is 23.7 Å². The van der Waals surface area contributed by atoms with Gasteiger partial charge in [-0.25, -0.2) is 0 Å². The molecular formula is C16H19NO4S. The number of methoxy groups -OCH3 is 2. The Morgan fingerprint density at radius 2 is 1.82 bits per heavy atom. The molecule has 2 heterocycles. The van der Waals surface area contributed by atoms with E-state index in [-0.39, 0.29) is 23.1 Å². The molecule has 0 unspecified atom stereocenters. The molecule has 1 amide bonds. The van der Waals surface area contributed by atoms with Crippen molar-refractivity contribution in [3.05, 3.63) is 23.8 Å². The van der Waals surface area contributed by atoms with Gasteiger partial charge in [-0.15, -0.1) is 0 Å². The molecule has 118 valence electrons. The minimum absolute atomic E-state index is 0.0556. The van der Waals surface area contributed by atoms with Crippen molar-refractivity contribution in [3.8, 4) is 11.5 Å². The summed E-state index contributed by atoms with van der Waals surface area (Å²) in [5.74, 6) is 1.96. The van der Waals surface area contributed by atoms with Gasteiger partial charge in [0.05, 0.1) is 20.3 Å². The average Bonchev–Trinajstić information content (AvgIpc) is 2.93. The summed E-state index contributed by atoms with van der Waals surface area (Å²) in [5.41, 5.74) is 0.994. The molecule has 1 aromatic carbocycles. The van der Waals surface area contributed by atoms with Crippen LogP contribution in [0.5, 0.6) is 11.5 Å². The molecule has 2 aliphatic heterocycles. The van der Waals surface area contributed by atoms with Gasteiger partial charge >= 0.3 is 0 Å². The minimum atomic E-state index is -0.280. The van der Waals surface area contributed by atoms with Crippen molar-refractivity contribution in [1.82, 2.24) is 4.90 Å². The van der Waals surface area contributed by atoms with E-state index in [1.165, 1.54) is 11.8 Å². The van der Waals surface area contributed by atoms with Gasteiger partial charge in [0.1, 0.15) is 6.04 Å². The Hall–Kier alpha value is -1.69. The van der Waals surface area contributed by atoms with Crippen molar-refractivity contribution in [3.63, 3.8) is 0 Å². The van der Waals surface area contributed by atoms with Crippen molar-refractivity contribution in [1.29, 1.82) is 0 Å². The highest BCUT2D eigenvalue weighted by Crippen LogP contribution is 2.42. The minimum Gasteiger partial charge on any atom is -0.493 e. The first-order chi connectivity index (χ1) is 10.7. The predicted octanol–water partition coefficient (Wildman–Crippen LogP) is 2.40. The van der Waals surface area contributed by atoms with Crippen LogP contribution in [0.15, 0.2) is 18.2 Å². The van der Waals surface area contributed by atoms with Crippen LogP contribution in [0.1, 0.15) is 30.9 Å². The van der Waals surface area contributed by atoms with Crippen LogP contribution >= 0.6 is 11.8 Å². The number of amides is 1. The normalized spacial score (nSPS) is 24.9. The van der Waals surface area contributed by atoms with Gasteiger partial charge in [0.2, 0.25) is 11.0 Å². The van der Waals surface area contributed by atoms with E-state index in [4.69, 9.17) is 9.47 Å². The molecule has 22 heavy (non-hydrogen) atoms. The predicted molar refractivity (Wildman–Crippen MR) is 84.2 cm³/mol. The standard InChI is InChI=1S/C16H19NO4S/c1-20-13-6-3-10(9-14(13)21-2)11-4-5-12-16(19)22-8-7-15(18)17(11)12/h3,6,9,11-12H,4-5,7-8H2,1-2H3/t11-,12+/m1/s1. The first-order valence-electron chi connectivity index (χ1n) is 7.35. The molecule has 0 saturated carbocycles. The van der Waals surface area contributed by atoms with E-state index in [1.807, 2.05) is 18.2 Å². The third kappa shape index (κ3) is 2.56. The number of hydrogen-bond donors (Lipinski definition) is 0. The first kappa shape index (κ1) is 15.2. The van der Waals surface area contributed by atoms with Gasteiger partial charge in [0, 0.05) is 12.2 Å². The second-order valence-electron chi connectivity index (χ2n) is 5.44. The lowest BCUT2D eigenvalue weighted by atomic mass is 10.0. The highest BCUT2D eigenvalue weighted by atomic mass is 32.2. The molecule has 0 radical (unpaired) electrons. The second-order valence-corrected chi connectivity index (χ2v) is 6.54. The number of carbonyl (C=O) groups excluding carboxylic acids is 2. The highest BCUT2D eigenvalue weighted by molar-refractivity contribution is 8.13. The molecule has 1 aromatic rings. The number of ether oxygens (including phenoxy) is 2. The van der Waals surface area contributed by atoms with Gasteiger partial charge < -0.3 is 14.4 Å². The van der Waals surface area contributed by atoms with Crippen LogP contribution in [-0.4, -0.2) is 41.9 Å². The number of thioether (sulfide) groups is 1. The van der Waals surface area contributed by atoms with Gasteiger partial charge in [-0.1, -0.05) is 17.8 Å². The lowest BCUT2D eigenvalue weighted by Gasteiger charge is -2.28. The smallest absolute Gasteiger partial charge is 0.224 e. The lowest BCUT2D eigenvalue weighted by Crippen LogP contribution is -2.39. The van der Waals surface area contributed by atoms with Gasteiger partial charge in [-0.05, 0) is 30.5 Å². The Kier molecular flexibility index (Phi) is 4.29. The van der Waals surface area contributed by atoms with Crippen LogP contribution in [0.3, 0.4) is 0 Å². The van der Waals surface area contributed by atoms with Crippen molar-refractivity contribution < 1.29 is 19.1 Å². The van der Waals surface area contributed by atoms with E-state index in [0.717, 1.165) is 18.4 Å². The summed E-state index contributed by atoms with van der Waals surface area (Å²) in [4.78, 5) is 26.4. The zero-order valence-corrected chi connectivity index (χ0v) is 13.5. The average molecular weight is 321 g/mol. The Morgan fingerprint density at radius 1 is 1.09 bits per heavy atom. The zero-order valence-electron chi connectivity index (χ0n) is 12.7. The Morgan fingerprint density at radius 3 is 2.55 bits per heavy atom. The first-order valence-corrected chi connectivity index (χ1v) is 8.34. The largest absolute Gasteiger partial charge is 0.493 e. The summed E-state index contributed by atoms with van der Waals surface area (Å²) in [5, 5.41) is 0.119. The van der Waals surface area contributed by atoms with Crippen molar-refractivity contribution in [2.24, 2.45) is 0 Å². The molecule has 2 saturated heterocycles. The fourth-order valence-electron chi connectivity index (χ4n) is 3.24. The summed E-state index contributed by atoms with van der Waals surface area (Å²) >= 11 is 1.28. The van der Waals surface area contributed by atoms with Crippen molar-refractivity contribution in [2.75, 3.05) is 20.0 Å². The van der Waals surface area contributed by atoms with Gasteiger partial charge in [-0.3, -0.25) is 9.59 Å². The number of rotatable bonds is 3. The topological polar surface area (TPSA) is 55.8 Å². The number of fused-ring (bicyclic) bond motifs is 1. The monoisotopic (exact) mass is 321 g/mol. The maximum absolute atomic E-state index is 12.4. The Bertz CT molecular complexity index is 604. The van der Waals surface area contributed by atoms with Gasteiger partial charge in [-0.2, -0.15) is 0 Å². The fraction of sp³-hybridized carbons (Fsp3) is 0.500. The van der Waals surface area contributed by atoms with Crippen LogP contribution < -0.4 is 9.47 Å². The van der Waals surface area contributed by atoms with Crippen molar-refractivity contribution >= 4 is 22.8 Å². The van der Waals surface area contributed by atoms with Crippen LogP contribution in [0, 0.1) is 0 Å². The number of carbonyl (C=O) groups is 2. The maximum atomic E-state index is 12.4. The quantitative estimate of drug-likeness (QED) is 0.855. The molecular weight excluding hydrogens is 302 g/mol. The SMILES string of the molecule is COc1ccc([C@H]2CC[C@H]3C(=O)SCCC(=O)N23)cc1OC. The zero-order chi connectivity index (χ0) is 15.7. The van der Waals surface area contributed by atoms with Crippen LogP contribution in [-0.2, 0) is 9.59 Å². The van der Waals surface area contributed by atoms with Gasteiger partial charge in [0.15, 0.2) is 11.5 Å². The maximum Gasteiger partial charge on any atom is 0.224 e. The number of nitrogens with zero attached hydrogens (tertiary/aromatic N) is 1. The van der Waals surface area contributed by atoms with E-state index >= 15 is 0 Å². The van der Waals surface area contributed by atoms with E-state index in [9.17, 15) is 9.59 Å². The van der Waals surface area contributed by atoms with Crippen molar-refractivity contribution in [2.45, 2.75) is 31.3 Å². The molecule has 2 aliphatic rings. The third-order valence-corrected chi connectivity index (χ3v) is 5.26. The second kappa shape index (κ2) is 6.20. The summed E-state index contributed by atoms with van der Waals surface area (Å²) in [6, 6.07) is 5.37. The van der Waals surface area contributed by atoms with E-state index in [2.05, 4.69) is 0 Å². The Balaban J connectivity index is 1.94. The molecule has 6 heteroatoms. The lowest BCUT2D eigenvalue weighted by molar-refractivity contribution is -0.136. The van der Waals surface area contributed by atoms with Gasteiger partial charge in [0.25, 0.3) is 0 Å². The molecule has 0 bridgehead atoms.